The van der Waals surface area contributed by atoms with Gasteiger partial charge in [0.05, 0.1) is 17.2 Å². The largest absolute Gasteiger partial charge is 0.460 e. The summed E-state index contributed by atoms with van der Waals surface area (Å²) in [5.41, 5.74) is -0.505. The van der Waals surface area contributed by atoms with Crippen LogP contribution in [0.15, 0.2) is 29.2 Å². The Bertz CT molecular complexity index is 452. The van der Waals surface area contributed by atoms with Gasteiger partial charge in [-0.3, -0.25) is 9.00 Å². The van der Waals surface area contributed by atoms with Crippen molar-refractivity contribution in [3.05, 3.63) is 29.3 Å². The highest BCUT2D eigenvalue weighted by molar-refractivity contribution is 7.85. The first-order valence-corrected chi connectivity index (χ1v) is 7.33. The van der Waals surface area contributed by atoms with E-state index < -0.39 is 16.4 Å². The molecule has 0 amide bonds. The van der Waals surface area contributed by atoms with Gasteiger partial charge < -0.3 is 4.74 Å². The number of rotatable bonds is 4. The Morgan fingerprint density at radius 2 is 2.06 bits per heavy atom. The lowest BCUT2D eigenvalue weighted by Crippen LogP contribution is -2.24. The Hall–Kier alpha value is -0.870. The Kier molecular flexibility index (Phi) is 5.35. The molecule has 1 aromatic carbocycles. The molecule has 1 unspecified atom stereocenters. The van der Waals surface area contributed by atoms with Gasteiger partial charge in [-0.25, -0.2) is 0 Å². The summed E-state index contributed by atoms with van der Waals surface area (Å²) < 4.78 is 17.1. The van der Waals surface area contributed by atoms with Gasteiger partial charge in [0.25, 0.3) is 0 Å². The van der Waals surface area contributed by atoms with Crippen molar-refractivity contribution in [2.75, 3.05) is 5.75 Å². The molecule has 1 aromatic rings. The van der Waals surface area contributed by atoms with Crippen LogP contribution in [0.25, 0.3) is 0 Å². The fourth-order valence-electron chi connectivity index (χ4n) is 1.30. The number of benzene rings is 1. The molecular weight excluding hydrogens is 272 g/mol. The Labute approximate surface area is 115 Å². The summed E-state index contributed by atoms with van der Waals surface area (Å²) in [6.07, 6.45) is 0.135. The van der Waals surface area contributed by atoms with Gasteiger partial charge in [-0.1, -0.05) is 17.7 Å². The molecule has 3 nitrogen and oxygen atoms in total. The SMILES string of the molecule is CC(C)(C)OC(=O)CCS(=O)c1cccc(Cl)c1. The van der Waals surface area contributed by atoms with Crippen LogP contribution in [0, 0.1) is 0 Å². The lowest BCUT2D eigenvalue weighted by molar-refractivity contribution is -0.154. The molecule has 5 heteroatoms. The molecule has 0 aliphatic rings. The normalized spacial score (nSPS) is 13.1. The minimum Gasteiger partial charge on any atom is -0.460 e. The maximum Gasteiger partial charge on any atom is 0.307 e. The summed E-state index contributed by atoms with van der Waals surface area (Å²) in [6, 6.07) is 6.84. The van der Waals surface area contributed by atoms with E-state index in [-0.39, 0.29) is 18.1 Å². The van der Waals surface area contributed by atoms with Crippen LogP contribution >= 0.6 is 11.6 Å². The Balaban J connectivity index is 2.49. The van der Waals surface area contributed by atoms with Gasteiger partial charge in [-0.05, 0) is 39.0 Å². The number of halogens is 1. The first-order chi connectivity index (χ1) is 8.28. The van der Waals surface area contributed by atoms with Crippen molar-refractivity contribution in [2.24, 2.45) is 0 Å². The second kappa shape index (κ2) is 6.34. The Morgan fingerprint density at radius 3 is 2.61 bits per heavy atom. The number of hydrogen-bond donors (Lipinski definition) is 0. The van der Waals surface area contributed by atoms with Crippen molar-refractivity contribution in [1.29, 1.82) is 0 Å². The molecule has 0 spiro atoms. The lowest BCUT2D eigenvalue weighted by atomic mass is 10.2. The van der Waals surface area contributed by atoms with Crippen LogP contribution in [0.5, 0.6) is 0 Å². The number of ether oxygens (including phenoxy) is 1. The van der Waals surface area contributed by atoms with E-state index in [1.807, 2.05) is 0 Å². The molecule has 1 rings (SSSR count). The van der Waals surface area contributed by atoms with Crippen LogP contribution in [0.3, 0.4) is 0 Å². The molecule has 0 radical (unpaired) electrons. The first kappa shape index (κ1) is 15.2. The average Bonchev–Trinajstić information content (AvgIpc) is 2.23. The van der Waals surface area contributed by atoms with Crippen molar-refractivity contribution in [3.63, 3.8) is 0 Å². The molecule has 0 heterocycles. The third-order valence-electron chi connectivity index (χ3n) is 1.97. The van der Waals surface area contributed by atoms with Crippen molar-refractivity contribution in [2.45, 2.75) is 37.7 Å². The molecule has 100 valence electrons. The third-order valence-corrected chi connectivity index (χ3v) is 3.56. The molecule has 0 fully saturated rings. The van der Waals surface area contributed by atoms with E-state index in [1.54, 1.807) is 45.0 Å². The molecule has 0 aromatic heterocycles. The topological polar surface area (TPSA) is 43.4 Å². The van der Waals surface area contributed by atoms with E-state index in [2.05, 4.69) is 0 Å². The summed E-state index contributed by atoms with van der Waals surface area (Å²) in [4.78, 5) is 12.1. The number of hydrogen-bond acceptors (Lipinski definition) is 3. The monoisotopic (exact) mass is 288 g/mol. The van der Waals surface area contributed by atoms with Crippen LogP contribution in [0.4, 0.5) is 0 Å². The predicted octanol–water partition coefficient (Wildman–Crippen LogP) is 3.18. The highest BCUT2D eigenvalue weighted by Gasteiger charge is 2.17. The second-order valence-corrected chi connectivity index (χ2v) is 6.85. The van der Waals surface area contributed by atoms with Crippen LogP contribution in [-0.4, -0.2) is 21.5 Å². The van der Waals surface area contributed by atoms with Gasteiger partial charge in [0.15, 0.2) is 0 Å². The van der Waals surface area contributed by atoms with Crippen molar-refractivity contribution < 1.29 is 13.7 Å². The van der Waals surface area contributed by atoms with Crippen molar-refractivity contribution in [1.82, 2.24) is 0 Å². The summed E-state index contributed by atoms with van der Waals surface area (Å²) in [7, 11) is -1.23. The average molecular weight is 289 g/mol. The van der Waals surface area contributed by atoms with Crippen molar-refractivity contribution in [3.8, 4) is 0 Å². The van der Waals surface area contributed by atoms with Crippen LogP contribution in [0.1, 0.15) is 27.2 Å². The molecule has 18 heavy (non-hydrogen) atoms. The number of esters is 1. The van der Waals surface area contributed by atoms with Gasteiger partial charge in [0.1, 0.15) is 5.60 Å². The van der Waals surface area contributed by atoms with E-state index in [0.29, 0.717) is 9.92 Å². The summed E-state index contributed by atoms with van der Waals surface area (Å²) in [5.74, 6) is -0.0900. The molecule has 0 saturated carbocycles. The van der Waals surface area contributed by atoms with E-state index in [0.717, 1.165) is 0 Å². The van der Waals surface area contributed by atoms with Gasteiger partial charge in [0, 0.05) is 15.7 Å². The fraction of sp³-hybridized carbons (Fsp3) is 0.462. The molecule has 0 N–H and O–H groups in total. The molecule has 0 bridgehead atoms. The lowest BCUT2D eigenvalue weighted by Gasteiger charge is -2.19. The minimum atomic E-state index is -1.23. The minimum absolute atomic E-state index is 0.135. The first-order valence-electron chi connectivity index (χ1n) is 5.64. The maximum absolute atomic E-state index is 11.9. The molecular formula is C13H17ClO3S. The van der Waals surface area contributed by atoms with E-state index >= 15 is 0 Å². The maximum atomic E-state index is 11.9. The third kappa shape index (κ3) is 5.65. The standard InChI is InChI=1S/C13H17ClO3S/c1-13(2,3)17-12(15)7-8-18(16)11-6-4-5-10(14)9-11/h4-6,9H,7-8H2,1-3H3. The Morgan fingerprint density at radius 1 is 1.39 bits per heavy atom. The number of carbonyl (C=O) groups excluding carboxylic acids is 1. The zero-order chi connectivity index (χ0) is 13.8. The van der Waals surface area contributed by atoms with Gasteiger partial charge >= 0.3 is 5.97 Å². The highest BCUT2D eigenvalue weighted by atomic mass is 35.5. The summed E-state index contributed by atoms with van der Waals surface area (Å²) in [6.45, 7) is 5.41. The fourth-order valence-corrected chi connectivity index (χ4v) is 2.63. The summed E-state index contributed by atoms with van der Waals surface area (Å²) >= 11 is 5.81. The highest BCUT2D eigenvalue weighted by Crippen LogP contribution is 2.15. The van der Waals surface area contributed by atoms with E-state index in [1.165, 1.54) is 0 Å². The second-order valence-electron chi connectivity index (χ2n) is 4.84. The number of carbonyl (C=O) groups is 1. The summed E-state index contributed by atoms with van der Waals surface area (Å²) in [5, 5.41) is 0.540. The van der Waals surface area contributed by atoms with Gasteiger partial charge in [-0.2, -0.15) is 0 Å². The van der Waals surface area contributed by atoms with Crippen molar-refractivity contribution >= 4 is 28.4 Å². The quantitative estimate of drug-likeness (QED) is 0.799. The van der Waals surface area contributed by atoms with Gasteiger partial charge in [0.2, 0.25) is 0 Å². The van der Waals surface area contributed by atoms with Gasteiger partial charge in [-0.15, -0.1) is 0 Å². The molecule has 0 aliphatic carbocycles. The smallest absolute Gasteiger partial charge is 0.307 e. The van der Waals surface area contributed by atoms with Crippen LogP contribution < -0.4 is 0 Å². The zero-order valence-corrected chi connectivity index (χ0v) is 12.3. The zero-order valence-electron chi connectivity index (χ0n) is 10.7. The van der Waals surface area contributed by atoms with E-state index in [9.17, 15) is 9.00 Å². The van der Waals surface area contributed by atoms with E-state index in [4.69, 9.17) is 16.3 Å². The molecule has 0 aliphatic heterocycles. The molecule has 1 atom stereocenters. The molecule has 0 saturated heterocycles. The van der Waals surface area contributed by atoms with Crippen LogP contribution in [-0.2, 0) is 20.3 Å². The predicted molar refractivity (Wildman–Crippen MR) is 73.2 cm³/mol. The van der Waals surface area contributed by atoms with Crippen LogP contribution in [0.2, 0.25) is 5.02 Å².